The molecule has 5 rings (SSSR count). The molecule has 2 aliphatic heterocycles. The maximum atomic E-state index is 15.0. The molecular weight excluding hydrogens is 708 g/mol. The number of ether oxygens (including phenoxy) is 1. The molecule has 0 saturated carbocycles. The lowest BCUT2D eigenvalue weighted by Gasteiger charge is -2.51. The maximum absolute atomic E-state index is 15.0. The van der Waals surface area contributed by atoms with Crippen molar-refractivity contribution in [3.05, 3.63) is 66.8 Å². The zero-order valence-corrected chi connectivity index (χ0v) is 27.8. The number of hydrogen-bond acceptors (Lipinski definition) is 7. The van der Waals surface area contributed by atoms with Crippen LogP contribution < -0.4 is 4.74 Å². The first-order valence-corrected chi connectivity index (χ1v) is 17.1. The lowest BCUT2D eigenvalue weighted by Crippen LogP contribution is -2.68. The second kappa shape index (κ2) is 13.9. The number of hydrogen-bond donors (Lipinski definition) is 1. The number of carboxylic acids is 1. The van der Waals surface area contributed by atoms with Crippen molar-refractivity contribution in [3.8, 4) is 5.75 Å². The Morgan fingerprint density at radius 1 is 1.10 bits per heavy atom. The summed E-state index contributed by atoms with van der Waals surface area (Å²) in [4.78, 5) is 46.8. The molecule has 0 bridgehead atoms. The van der Waals surface area contributed by atoms with Gasteiger partial charge in [0.15, 0.2) is 0 Å². The predicted molar refractivity (Wildman–Crippen MR) is 165 cm³/mol. The molecule has 2 aliphatic rings. The van der Waals surface area contributed by atoms with Crippen molar-refractivity contribution in [1.82, 2.24) is 14.8 Å². The molecule has 2 amide bonds. The van der Waals surface area contributed by atoms with E-state index in [4.69, 9.17) is 16.3 Å². The molecule has 5 heterocycles. The van der Waals surface area contributed by atoms with E-state index in [1.165, 1.54) is 16.2 Å². The van der Waals surface area contributed by atoms with Gasteiger partial charge in [-0.3, -0.25) is 19.4 Å². The highest BCUT2D eigenvalue weighted by molar-refractivity contribution is 7.16. The average Bonchev–Trinajstić information content (AvgIpc) is 3.65. The molecule has 1 unspecified atom stereocenters. The Morgan fingerprint density at radius 3 is 2.50 bits per heavy atom. The molecule has 0 aliphatic carbocycles. The lowest BCUT2D eigenvalue weighted by atomic mass is 9.79. The lowest BCUT2D eigenvalue weighted by molar-refractivity contribution is -0.163. The fourth-order valence-corrected chi connectivity index (χ4v) is 8.57. The molecular formula is C31H30ClF6N3O5S2. The van der Waals surface area contributed by atoms with Gasteiger partial charge in [0.2, 0.25) is 5.60 Å². The molecule has 260 valence electrons. The predicted octanol–water partition coefficient (Wildman–Crippen LogP) is 8.11. The van der Waals surface area contributed by atoms with Crippen LogP contribution in [0.1, 0.15) is 82.9 Å². The third kappa shape index (κ3) is 7.15. The number of amides is 2. The Bertz CT molecular complexity index is 1680. The monoisotopic (exact) mass is 737 g/mol. The molecule has 48 heavy (non-hydrogen) atoms. The quantitative estimate of drug-likeness (QED) is 0.223. The molecule has 3 aromatic rings. The van der Waals surface area contributed by atoms with Crippen molar-refractivity contribution in [2.24, 2.45) is 0 Å². The Labute approximate surface area is 284 Å². The van der Waals surface area contributed by atoms with Gasteiger partial charge in [0.05, 0.1) is 22.0 Å². The number of pyridine rings is 1. The summed E-state index contributed by atoms with van der Waals surface area (Å²) in [6.07, 6.45) is -8.23. The van der Waals surface area contributed by atoms with E-state index in [0.717, 1.165) is 39.6 Å². The summed E-state index contributed by atoms with van der Waals surface area (Å²) in [5, 5.41) is 10.6. The third-order valence-corrected chi connectivity index (χ3v) is 10.8. The second-order valence-corrected chi connectivity index (χ2v) is 14.2. The molecule has 0 aromatic carbocycles. The number of thiophene rings is 2. The average molecular weight is 738 g/mol. The van der Waals surface area contributed by atoms with Gasteiger partial charge < -0.3 is 19.6 Å². The number of carbonyl (C=O) groups is 3. The summed E-state index contributed by atoms with van der Waals surface area (Å²) in [6.45, 7) is 1.75. The highest BCUT2D eigenvalue weighted by atomic mass is 35.5. The summed E-state index contributed by atoms with van der Waals surface area (Å²) in [5.41, 5.74) is -3.55. The van der Waals surface area contributed by atoms with Crippen LogP contribution in [0, 0.1) is 0 Å². The van der Waals surface area contributed by atoms with Gasteiger partial charge in [0, 0.05) is 48.5 Å². The van der Waals surface area contributed by atoms with Crippen LogP contribution >= 0.6 is 34.3 Å². The van der Waals surface area contributed by atoms with Gasteiger partial charge in [-0.25, -0.2) is 0 Å². The number of likely N-dealkylation sites (tertiary alicyclic amines) is 1. The van der Waals surface area contributed by atoms with E-state index in [2.05, 4.69) is 4.98 Å². The maximum Gasteiger partial charge on any atom is 0.425 e. The molecule has 1 N–H and O–H groups in total. The molecule has 3 aromatic heterocycles. The zero-order valence-electron chi connectivity index (χ0n) is 25.4. The fourth-order valence-electron chi connectivity index (χ4n) is 6.57. The topological polar surface area (TPSA) is 100 Å². The summed E-state index contributed by atoms with van der Waals surface area (Å²) in [7, 11) is 0. The van der Waals surface area contributed by atoms with Gasteiger partial charge in [0.25, 0.3) is 11.8 Å². The number of alkyl halides is 6. The number of carbonyl (C=O) groups excluding carboxylic acids is 2. The number of nitrogens with zero attached hydrogens (tertiary/aromatic N) is 3. The van der Waals surface area contributed by atoms with Gasteiger partial charge in [0.1, 0.15) is 16.3 Å². The third-order valence-electron chi connectivity index (χ3n) is 8.54. The van der Waals surface area contributed by atoms with Crippen LogP contribution in [0.15, 0.2) is 35.8 Å². The van der Waals surface area contributed by atoms with E-state index in [-0.39, 0.29) is 50.9 Å². The smallest absolute Gasteiger partial charge is 0.425 e. The molecule has 17 heteroatoms. The van der Waals surface area contributed by atoms with E-state index in [9.17, 15) is 41.0 Å². The van der Waals surface area contributed by atoms with Gasteiger partial charge in [-0.15, -0.1) is 22.7 Å². The van der Waals surface area contributed by atoms with E-state index >= 15 is 4.79 Å². The van der Waals surface area contributed by atoms with Crippen LogP contribution in [-0.4, -0.2) is 62.4 Å². The number of aliphatic carboxylic acids is 1. The van der Waals surface area contributed by atoms with Crippen molar-refractivity contribution < 1.29 is 50.6 Å². The first-order valence-electron chi connectivity index (χ1n) is 15.1. The van der Waals surface area contributed by atoms with E-state index in [1.807, 2.05) is 0 Å². The molecule has 0 radical (unpaired) electrons. The normalized spacial score (nSPS) is 21.6. The molecule has 1 saturated heterocycles. The number of piperidine rings is 1. The minimum Gasteiger partial charge on any atom is -0.481 e. The number of rotatable bonds is 9. The second-order valence-electron chi connectivity index (χ2n) is 11.6. The van der Waals surface area contributed by atoms with Gasteiger partial charge in [-0.1, -0.05) is 24.9 Å². The number of carboxylic acid groups (broad SMARTS) is 1. The van der Waals surface area contributed by atoms with E-state index in [1.54, 1.807) is 13.0 Å². The minimum atomic E-state index is -4.92. The van der Waals surface area contributed by atoms with Crippen LogP contribution in [0.2, 0.25) is 4.34 Å². The van der Waals surface area contributed by atoms with Crippen molar-refractivity contribution in [2.75, 3.05) is 13.1 Å². The van der Waals surface area contributed by atoms with Crippen LogP contribution in [-0.2, 0) is 28.4 Å². The molecule has 8 nitrogen and oxygen atoms in total. The molecule has 0 spiro atoms. The summed E-state index contributed by atoms with van der Waals surface area (Å²) >= 11 is 7.94. The van der Waals surface area contributed by atoms with Crippen LogP contribution in [0.5, 0.6) is 5.75 Å². The van der Waals surface area contributed by atoms with Crippen molar-refractivity contribution in [1.29, 1.82) is 0 Å². The standard InChI is InChI=1S/C31H30ClF6N3O5S2/c1-2-5-22-29(46-17-14-23(47-16-17)31(36,37)38,10-4-12-41(22)27(44)26-19(30(33,34)35)6-3-11-39-26)28(45)40-13-9-21-18(15-24(32)48-21)20(40)7-8-25(42)43/h3,6,11,14-16,20,22H,2,4-5,7-10,12-13H2,1H3,(H,42,43)/t20?,22-,29-/m1/s1. The van der Waals surface area contributed by atoms with Crippen molar-refractivity contribution in [2.45, 2.75) is 81.9 Å². The Hall–Kier alpha value is -3.37. The Balaban J connectivity index is 1.64. The van der Waals surface area contributed by atoms with Gasteiger partial charge in [-0.05, 0) is 49.4 Å². The Morgan fingerprint density at radius 2 is 1.85 bits per heavy atom. The van der Waals surface area contributed by atoms with Crippen molar-refractivity contribution in [3.63, 3.8) is 0 Å². The van der Waals surface area contributed by atoms with E-state index in [0.29, 0.717) is 34.1 Å². The summed E-state index contributed by atoms with van der Waals surface area (Å²) < 4.78 is 89.6. The SMILES string of the molecule is CCC[C@H]1N(C(=O)c2ncccc2C(F)(F)F)CCC[C@]1(Oc1csc(C(F)(F)F)c1)C(=O)N1CCc2sc(Cl)cc2C1CCC(=O)O. The minimum absolute atomic E-state index is 0.0160. The highest BCUT2D eigenvalue weighted by Gasteiger charge is 2.57. The Kier molecular flexibility index (Phi) is 10.4. The highest BCUT2D eigenvalue weighted by Crippen LogP contribution is 2.46. The van der Waals surface area contributed by atoms with Crippen LogP contribution in [0.25, 0.3) is 0 Å². The number of fused-ring (bicyclic) bond motifs is 1. The molecule has 1 fully saturated rings. The summed E-state index contributed by atoms with van der Waals surface area (Å²) in [6, 6.07) is 2.15. The zero-order chi connectivity index (χ0) is 35.0. The van der Waals surface area contributed by atoms with Gasteiger partial charge >= 0.3 is 18.3 Å². The summed E-state index contributed by atoms with van der Waals surface area (Å²) in [5.74, 6) is -3.22. The number of aromatic nitrogens is 1. The first kappa shape index (κ1) is 35.9. The first-order chi connectivity index (χ1) is 22.6. The van der Waals surface area contributed by atoms with Crippen LogP contribution in [0.4, 0.5) is 26.3 Å². The van der Waals surface area contributed by atoms with Gasteiger partial charge in [-0.2, -0.15) is 26.3 Å². The number of halogens is 7. The fraction of sp³-hybridized carbons (Fsp3) is 0.484. The van der Waals surface area contributed by atoms with E-state index < -0.39 is 64.0 Å². The largest absolute Gasteiger partial charge is 0.481 e. The van der Waals surface area contributed by atoms with Crippen LogP contribution in [0.3, 0.4) is 0 Å². The molecule has 3 atom stereocenters. The van der Waals surface area contributed by atoms with Crippen molar-refractivity contribution >= 4 is 52.1 Å².